The summed E-state index contributed by atoms with van der Waals surface area (Å²) in [7, 11) is 0. The number of ether oxygens (including phenoxy) is 3. The van der Waals surface area contributed by atoms with Gasteiger partial charge in [-0.05, 0) is 36.0 Å². The zero-order valence-corrected chi connectivity index (χ0v) is 16.7. The predicted octanol–water partition coefficient (Wildman–Crippen LogP) is 5.70. The van der Waals surface area contributed by atoms with Crippen LogP contribution in [-0.2, 0) is 19.0 Å². The van der Waals surface area contributed by atoms with Crippen molar-refractivity contribution < 1.29 is 58.5 Å². The molecule has 174 valence electrons. The first kappa shape index (κ1) is 28.9. The fourth-order valence-electron chi connectivity index (χ4n) is 1.31. The van der Waals surface area contributed by atoms with Crippen molar-refractivity contribution in [2.45, 2.75) is 47.1 Å². The lowest BCUT2D eigenvalue weighted by Crippen LogP contribution is -2.61. The van der Waals surface area contributed by atoms with Gasteiger partial charge < -0.3 is 9.47 Å². The summed E-state index contributed by atoms with van der Waals surface area (Å²) in [4.78, 5) is 11.1. The van der Waals surface area contributed by atoms with E-state index in [-0.39, 0.29) is 25.3 Å². The third-order valence-electron chi connectivity index (χ3n) is 2.79. The van der Waals surface area contributed by atoms with E-state index in [2.05, 4.69) is 32.7 Å². The van der Waals surface area contributed by atoms with Gasteiger partial charge in [-0.1, -0.05) is 11.6 Å². The van der Waals surface area contributed by atoms with Gasteiger partial charge in [0.15, 0.2) is 0 Å². The molecule has 0 aliphatic carbocycles. The summed E-state index contributed by atoms with van der Waals surface area (Å²) in [5.41, 5.74) is -0.880. The highest BCUT2D eigenvalue weighted by atomic mass is 35.5. The lowest BCUT2D eigenvalue weighted by atomic mass is 10.1. The molecule has 0 amide bonds. The minimum Gasteiger partial charge on any atom is -0.461 e. The second-order valence-electron chi connectivity index (χ2n) is 5.06. The first-order valence-corrected chi connectivity index (χ1v) is 8.83. The van der Waals surface area contributed by atoms with Crippen LogP contribution in [0.1, 0.15) is 12.8 Å². The molecule has 0 aromatic heterocycles. The summed E-state index contributed by atoms with van der Waals surface area (Å²) in [6, 6.07) is 0. The SMILES string of the molecule is O=C(OCCCCOC(Cl)CCl)C(F)(F)C(F)(F)C(F)(F)OC(F)(Cl)C(F)(F)Cl. The van der Waals surface area contributed by atoms with E-state index in [1.807, 2.05) is 0 Å². The van der Waals surface area contributed by atoms with Crippen LogP contribution in [0.15, 0.2) is 0 Å². The van der Waals surface area contributed by atoms with E-state index < -0.39 is 46.8 Å². The number of unbranched alkanes of at least 4 members (excludes halogenated alkanes) is 1. The van der Waals surface area contributed by atoms with Crippen molar-refractivity contribution in [3.05, 3.63) is 0 Å². The molecular weight excluding hydrogens is 521 g/mol. The van der Waals surface area contributed by atoms with Crippen molar-refractivity contribution in [2.24, 2.45) is 0 Å². The number of esters is 1. The number of rotatable bonds is 13. The fourth-order valence-corrected chi connectivity index (χ4v) is 1.62. The van der Waals surface area contributed by atoms with E-state index >= 15 is 0 Å². The van der Waals surface area contributed by atoms with Gasteiger partial charge in [-0.2, -0.15) is 39.5 Å². The maximum absolute atomic E-state index is 13.5. The van der Waals surface area contributed by atoms with Gasteiger partial charge in [0.1, 0.15) is 5.56 Å². The van der Waals surface area contributed by atoms with Crippen LogP contribution in [0, 0.1) is 0 Å². The van der Waals surface area contributed by atoms with Gasteiger partial charge in [0.2, 0.25) is 0 Å². The third-order valence-corrected chi connectivity index (χ3v) is 4.17. The average molecular weight is 532 g/mol. The summed E-state index contributed by atoms with van der Waals surface area (Å²) in [5, 5.41) is -11.1. The zero-order chi connectivity index (χ0) is 23.3. The highest BCUT2D eigenvalue weighted by Crippen LogP contribution is 2.52. The quantitative estimate of drug-likeness (QED) is 0.132. The Morgan fingerprint density at radius 2 is 1.38 bits per heavy atom. The molecule has 29 heavy (non-hydrogen) atoms. The molecule has 0 fully saturated rings. The molecule has 0 aromatic carbocycles. The number of hydrogen-bond acceptors (Lipinski definition) is 4. The van der Waals surface area contributed by atoms with E-state index in [0.29, 0.717) is 0 Å². The zero-order valence-electron chi connectivity index (χ0n) is 13.7. The van der Waals surface area contributed by atoms with Crippen LogP contribution in [0.5, 0.6) is 0 Å². The van der Waals surface area contributed by atoms with Gasteiger partial charge >= 0.3 is 34.6 Å². The lowest BCUT2D eigenvalue weighted by Gasteiger charge is -2.34. The van der Waals surface area contributed by atoms with Gasteiger partial charge in [-0.3, -0.25) is 4.74 Å². The van der Waals surface area contributed by atoms with Crippen LogP contribution in [-0.4, -0.2) is 59.3 Å². The Kier molecular flexibility index (Phi) is 10.5. The highest BCUT2D eigenvalue weighted by molar-refractivity contribution is 6.31. The molecule has 0 saturated heterocycles. The lowest BCUT2D eigenvalue weighted by molar-refractivity contribution is -0.431. The van der Waals surface area contributed by atoms with E-state index in [4.69, 9.17) is 27.9 Å². The highest BCUT2D eigenvalue weighted by Gasteiger charge is 2.79. The number of alkyl halides is 13. The van der Waals surface area contributed by atoms with Crippen molar-refractivity contribution in [3.8, 4) is 0 Å². The summed E-state index contributed by atoms with van der Waals surface area (Å²) >= 11 is 18.8. The van der Waals surface area contributed by atoms with Crippen molar-refractivity contribution in [2.75, 3.05) is 19.1 Å². The first-order valence-electron chi connectivity index (χ1n) is 7.10. The van der Waals surface area contributed by atoms with Gasteiger partial charge in [0.05, 0.1) is 12.5 Å². The third kappa shape index (κ3) is 7.53. The van der Waals surface area contributed by atoms with Crippen LogP contribution in [0.2, 0.25) is 0 Å². The molecule has 0 bridgehead atoms. The molecular formula is C12H11Cl4F9O4. The molecule has 0 saturated carbocycles. The molecule has 0 aliphatic heterocycles. The van der Waals surface area contributed by atoms with Gasteiger partial charge in [-0.15, -0.1) is 11.6 Å². The smallest absolute Gasteiger partial charge is 0.430 e. The number of halogens is 13. The van der Waals surface area contributed by atoms with E-state index in [9.17, 15) is 44.3 Å². The average Bonchev–Trinajstić information content (AvgIpc) is 2.54. The molecule has 0 N–H and O–H groups in total. The second kappa shape index (κ2) is 10.5. The Hall–Kier alpha value is -0.0800. The molecule has 0 heterocycles. The number of hydrogen-bond donors (Lipinski definition) is 0. The Bertz CT molecular complexity index is 546. The van der Waals surface area contributed by atoms with Crippen molar-refractivity contribution in [1.29, 1.82) is 0 Å². The van der Waals surface area contributed by atoms with Crippen molar-refractivity contribution >= 4 is 52.4 Å². The predicted molar refractivity (Wildman–Crippen MR) is 82.9 cm³/mol. The maximum Gasteiger partial charge on any atom is 0.430 e. The molecule has 4 nitrogen and oxygen atoms in total. The van der Waals surface area contributed by atoms with E-state index in [1.54, 1.807) is 0 Å². The monoisotopic (exact) mass is 530 g/mol. The standard InChI is InChI=1S/C12H11Cl4F9O4/c13-5-6(14)27-3-1-2-4-28-7(26)8(17,18)9(19,20)12(24,25)29-11(16,23)10(15,21)22/h6H,1-5H2. The normalized spacial score (nSPS) is 17.0. The molecule has 0 rings (SSSR count). The van der Waals surface area contributed by atoms with Gasteiger partial charge in [-0.25, -0.2) is 4.79 Å². The van der Waals surface area contributed by atoms with Crippen LogP contribution in [0.4, 0.5) is 39.5 Å². The summed E-state index contributed by atoms with van der Waals surface area (Å²) < 4.78 is 129. The Morgan fingerprint density at radius 1 is 0.897 bits per heavy atom. The number of carbonyl (C=O) groups is 1. The largest absolute Gasteiger partial charge is 0.461 e. The van der Waals surface area contributed by atoms with E-state index in [0.717, 1.165) is 0 Å². The minimum atomic E-state index is -6.86. The van der Waals surface area contributed by atoms with Crippen LogP contribution >= 0.6 is 46.4 Å². The van der Waals surface area contributed by atoms with Crippen molar-refractivity contribution in [3.63, 3.8) is 0 Å². The molecule has 17 heteroatoms. The topological polar surface area (TPSA) is 44.8 Å². The number of carbonyl (C=O) groups excluding carboxylic acids is 1. The Balaban J connectivity index is 4.99. The molecule has 0 aromatic rings. The van der Waals surface area contributed by atoms with Crippen LogP contribution < -0.4 is 0 Å². The second-order valence-corrected chi connectivity index (χ2v) is 6.82. The van der Waals surface area contributed by atoms with Gasteiger partial charge in [0, 0.05) is 6.61 Å². The Labute approximate surface area is 177 Å². The molecule has 0 radical (unpaired) electrons. The van der Waals surface area contributed by atoms with Crippen LogP contribution in [0.3, 0.4) is 0 Å². The molecule has 2 unspecified atom stereocenters. The summed E-state index contributed by atoms with van der Waals surface area (Å²) in [5.74, 6) is -16.5. The Morgan fingerprint density at radius 3 is 1.83 bits per heavy atom. The fraction of sp³-hybridized carbons (Fsp3) is 0.917. The first-order chi connectivity index (χ1) is 12.8. The molecule has 0 aliphatic rings. The molecule has 2 atom stereocenters. The summed E-state index contributed by atoms with van der Waals surface area (Å²) in [6.07, 6.45) is -6.95. The minimum absolute atomic E-state index is 0.00997. The van der Waals surface area contributed by atoms with Crippen molar-refractivity contribution in [1.82, 2.24) is 0 Å². The maximum atomic E-state index is 13.5. The van der Waals surface area contributed by atoms with Crippen LogP contribution in [0.25, 0.3) is 0 Å². The van der Waals surface area contributed by atoms with Gasteiger partial charge in [0.25, 0.3) is 0 Å². The molecule has 0 spiro atoms. The van der Waals surface area contributed by atoms with E-state index in [1.165, 1.54) is 0 Å². The summed E-state index contributed by atoms with van der Waals surface area (Å²) in [6.45, 7) is -1.05.